The quantitative estimate of drug-likeness (QED) is 0.854. The predicted molar refractivity (Wildman–Crippen MR) is 86.9 cm³/mol. The van der Waals surface area contributed by atoms with Gasteiger partial charge >= 0.3 is 0 Å². The fourth-order valence-electron chi connectivity index (χ4n) is 2.31. The second kappa shape index (κ2) is 6.75. The van der Waals surface area contributed by atoms with Crippen LogP contribution in [0.1, 0.15) is 19.4 Å². The molecule has 2 unspecified atom stereocenters. The third kappa shape index (κ3) is 3.36. The van der Waals surface area contributed by atoms with Crippen LogP contribution in [0.3, 0.4) is 0 Å². The van der Waals surface area contributed by atoms with Gasteiger partial charge in [-0.15, -0.1) is 12.4 Å². The fourth-order valence-corrected chi connectivity index (χ4v) is 5.16. The van der Waals surface area contributed by atoms with Crippen molar-refractivity contribution in [3.8, 4) is 0 Å². The van der Waals surface area contributed by atoms with Crippen molar-refractivity contribution in [2.24, 2.45) is 0 Å². The van der Waals surface area contributed by atoms with Crippen LogP contribution < -0.4 is 5.32 Å². The van der Waals surface area contributed by atoms with Gasteiger partial charge in [0.15, 0.2) is 0 Å². The Bertz CT molecular complexity index is 580. The SMILES string of the molecule is Cc1ccc(S(=O)(=O)N2CCNC(C)C2C)c(Br)c1.Cl. The molecular formula is C13H20BrClN2O2S. The van der Waals surface area contributed by atoms with Crippen molar-refractivity contribution in [1.82, 2.24) is 9.62 Å². The molecule has 7 heteroatoms. The molecule has 1 aromatic rings. The Morgan fingerprint density at radius 1 is 1.35 bits per heavy atom. The van der Waals surface area contributed by atoms with E-state index < -0.39 is 10.0 Å². The molecule has 0 aromatic heterocycles. The van der Waals surface area contributed by atoms with Gasteiger partial charge < -0.3 is 5.32 Å². The molecule has 1 fully saturated rings. The normalized spacial score (nSPS) is 24.2. The summed E-state index contributed by atoms with van der Waals surface area (Å²) < 4.78 is 27.7. The number of hydrogen-bond acceptors (Lipinski definition) is 3. The number of nitrogens with zero attached hydrogens (tertiary/aromatic N) is 1. The van der Waals surface area contributed by atoms with Crippen molar-refractivity contribution >= 4 is 38.4 Å². The molecule has 1 aliphatic rings. The smallest absolute Gasteiger partial charge is 0.244 e. The predicted octanol–water partition coefficient (Wildman–Crippen LogP) is 2.55. The molecule has 0 saturated carbocycles. The van der Waals surface area contributed by atoms with E-state index in [9.17, 15) is 8.42 Å². The largest absolute Gasteiger partial charge is 0.311 e. The van der Waals surface area contributed by atoms with Crippen LogP contribution in [-0.2, 0) is 10.0 Å². The second-order valence-electron chi connectivity index (χ2n) is 5.03. The van der Waals surface area contributed by atoms with Gasteiger partial charge in [0.1, 0.15) is 0 Å². The first-order chi connectivity index (χ1) is 8.84. The summed E-state index contributed by atoms with van der Waals surface area (Å²) in [5, 5.41) is 3.29. The van der Waals surface area contributed by atoms with E-state index in [4.69, 9.17) is 0 Å². The van der Waals surface area contributed by atoms with Gasteiger partial charge in [0.25, 0.3) is 0 Å². The molecule has 0 aliphatic carbocycles. The number of benzene rings is 1. The van der Waals surface area contributed by atoms with Crippen LogP contribution in [0.25, 0.3) is 0 Å². The standard InChI is InChI=1S/C13H19BrN2O2S.ClH/c1-9-4-5-13(12(14)8-9)19(17,18)16-7-6-15-10(2)11(16)3;/h4-5,8,10-11,15H,6-7H2,1-3H3;1H. The minimum absolute atomic E-state index is 0. The van der Waals surface area contributed by atoms with Crippen LogP contribution in [0.2, 0.25) is 0 Å². The van der Waals surface area contributed by atoms with E-state index in [1.54, 1.807) is 10.4 Å². The van der Waals surface area contributed by atoms with E-state index in [2.05, 4.69) is 21.2 Å². The molecule has 1 heterocycles. The van der Waals surface area contributed by atoms with Crippen LogP contribution in [0.4, 0.5) is 0 Å². The maximum Gasteiger partial charge on any atom is 0.244 e. The van der Waals surface area contributed by atoms with Crippen molar-refractivity contribution < 1.29 is 8.42 Å². The van der Waals surface area contributed by atoms with Gasteiger partial charge in [-0.25, -0.2) is 8.42 Å². The first-order valence-electron chi connectivity index (χ1n) is 6.35. The highest BCUT2D eigenvalue weighted by Gasteiger charge is 2.35. The highest BCUT2D eigenvalue weighted by molar-refractivity contribution is 9.10. The monoisotopic (exact) mass is 382 g/mol. The Labute approximate surface area is 135 Å². The van der Waals surface area contributed by atoms with E-state index in [1.165, 1.54) is 0 Å². The summed E-state index contributed by atoms with van der Waals surface area (Å²) in [6.45, 7) is 7.09. The lowest BCUT2D eigenvalue weighted by atomic mass is 10.1. The molecule has 2 atom stereocenters. The van der Waals surface area contributed by atoms with Gasteiger partial charge in [0.2, 0.25) is 10.0 Å². The summed E-state index contributed by atoms with van der Waals surface area (Å²) >= 11 is 3.36. The third-order valence-corrected chi connectivity index (χ3v) is 6.61. The van der Waals surface area contributed by atoms with Gasteiger partial charge in [0, 0.05) is 29.6 Å². The lowest BCUT2D eigenvalue weighted by Crippen LogP contribution is -2.57. The summed E-state index contributed by atoms with van der Waals surface area (Å²) in [5.74, 6) is 0. The summed E-state index contributed by atoms with van der Waals surface area (Å²) in [6.07, 6.45) is 0. The highest BCUT2D eigenvalue weighted by Crippen LogP contribution is 2.28. The lowest BCUT2D eigenvalue weighted by Gasteiger charge is -2.37. The maximum atomic E-state index is 12.7. The Kier molecular flexibility index (Phi) is 6.04. The maximum absolute atomic E-state index is 12.7. The summed E-state index contributed by atoms with van der Waals surface area (Å²) in [6, 6.07) is 5.45. The molecule has 20 heavy (non-hydrogen) atoms. The van der Waals surface area contributed by atoms with E-state index in [1.807, 2.05) is 32.9 Å². The van der Waals surface area contributed by atoms with Gasteiger partial charge in [-0.1, -0.05) is 6.07 Å². The van der Waals surface area contributed by atoms with Crippen LogP contribution in [-0.4, -0.2) is 37.9 Å². The molecule has 1 aliphatic heterocycles. The average molecular weight is 384 g/mol. The number of nitrogens with one attached hydrogen (secondary N) is 1. The summed E-state index contributed by atoms with van der Waals surface area (Å²) in [4.78, 5) is 0.346. The Balaban J connectivity index is 0.00000200. The highest BCUT2D eigenvalue weighted by atomic mass is 79.9. The van der Waals surface area contributed by atoms with Crippen LogP contribution in [0.15, 0.2) is 27.6 Å². The molecule has 114 valence electrons. The molecule has 4 nitrogen and oxygen atoms in total. The summed E-state index contributed by atoms with van der Waals surface area (Å²) in [5.41, 5.74) is 1.03. The minimum Gasteiger partial charge on any atom is -0.311 e. The van der Waals surface area contributed by atoms with Crippen LogP contribution in [0, 0.1) is 6.92 Å². The molecule has 2 rings (SSSR count). The topological polar surface area (TPSA) is 49.4 Å². The Morgan fingerprint density at radius 2 is 2.00 bits per heavy atom. The first-order valence-corrected chi connectivity index (χ1v) is 8.58. The molecular weight excluding hydrogens is 364 g/mol. The number of rotatable bonds is 2. The first kappa shape index (κ1) is 17.9. The van der Waals surface area contributed by atoms with E-state index >= 15 is 0 Å². The molecule has 0 amide bonds. The van der Waals surface area contributed by atoms with Crippen molar-refractivity contribution in [3.05, 3.63) is 28.2 Å². The van der Waals surface area contributed by atoms with Crippen molar-refractivity contribution in [2.75, 3.05) is 13.1 Å². The molecule has 0 radical (unpaired) electrons. The van der Waals surface area contributed by atoms with Crippen molar-refractivity contribution in [1.29, 1.82) is 0 Å². The molecule has 0 spiro atoms. The second-order valence-corrected chi connectivity index (χ2v) is 7.75. The lowest BCUT2D eigenvalue weighted by molar-refractivity contribution is 0.233. The molecule has 1 saturated heterocycles. The Morgan fingerprint density at radius 3 is 2.60 bits per heavy atom. The van der Waals surface area contributed by atoms with E-state index in [0.717, 1.165) is 5.56 Å². The number of halogens is 2. The van der Waals surface area contributed by atoms with Crippen LogP contribution in [0.5, 0.6) is 0 Å². The number of piperazine rings is 1. The molecule has 0 bridgehead atoms. The zero-order valence-electron chi connectivity index (χ0n) is 11.8. The molecule has 1 aromatic carbocycles. The minimum atomic E-state index is -3.45. The number of hydrogen-bond donors (Lipinski definition) is 1. The molecule has 1 N–H and O–H groups in total. The number of aryl methyl sites for hydroxylation is 1. The van der Waals surface area contributed by atoms with Gasteiger partial charge in [0.05, 0.1) is 4.90 Å². The van der Waals surface area contributed by atoms with Gasteiger partial charge in [-0.2, -0.15) is 4.31 Å². The van der Waals surface area contributed by atoms with E-state index in [0.29, 0.717) is 22.5 Å². The fraction of sp³-hybridized carbons (Fsp3) is 0.538. The van der Waals surface area contributed by atoms with Crippen LogP contribution >= 0.6 is 28.3 Å². The third-order valence-electron chi connectivity index (χ3n) is 3.65. The Hall–Kier alpha value is -0.140. The number of sulfonamides is 1. The van der Waals surface area contributed by atoms with Crippen molar-refractivity contribution in [3.63, 3.8) is 0 Å². The zero-order chi connectivity index (χ0) is 14.2. The summed E-state index contributed by atoms with van der Waals surface area (Å²) in [7, 11) is -3.45. The average Bonchev–Trinajstić information content (AvgIpc) is 2.31. The van der Waals surface area contributed by atoms with E-state index in [-0.39, 0.29) is 24.5 Å². The van der Waals surface area contributed by atoms with Crippen molar-refractivity contribution in [2.45, 2.75) is 37.8 Å². The zero-order valence-corrected chi connectivity index (χ0v) is 15.0. The van der Waals surface area contributed by atoms with Gasteiger partial charge in [-0.3, -0.25) is 0 Å². The van der Waals surface area contributed by atoms with Gasteiger partial charge in [-0.05, 0) is 54.4 Å².